The molecule has 0 radical (unpaired) electrons. The van der Waals surface area contributed by atoms with Gasteiger partial charge in [-0.25, -0.2) is 0 Å². The van der Waals surface area contributed by atoms with Gasteiger partial charge in [-0.3, -0.25) is 4.79 Å². The lowest BCUT2D eigenvalue weighted by Crippen LogP contribution is -2.34. The normalized spacial score (nSPS) is 18.5. The largest absolute Gasteiger partial charge is 0.395 e. The molecule has 216 valence electrons. The van der Waals surface area contributed by atoms with Gasteiger partial charge in [0.05, 0.1) is 19.8 Å². The van der Waals surface area contributed by atoms with E-state index in [4.69, 9.17) is 0 Å². The number of benzene rings is 1. The molecule has 0 saturated carbocycles. The molecule has 8 nitrogen and oxygen atoms in total. The van der Waals surface area contributed by atoms with Gasteiger partial charge in [0.15, 0.2) is 0 Å². The fourth-order valence-corrected chi connectivity index (χ4v) is 6.68. The van der Waals surface area contributed by atoms with Gasteiger partial charge in [-0.1, -0.05) is 18.2 Å². The Morgan fingerprint density at radius 2 is 1.95 bits per heavy atom. The Hall–Kier alpha value is -3.75. The fourth-order valence-electron chi connectivity index (χ4n) is 6.68. The zero-order chi connectivity index (χ0) is 28.5. The molecular formula is C33H41N5O3. The van der Waals surface area contributed by atoms with Crippen LogP contribution in [0, 0.1) is 0 Å². The van der Waals surface area contributed by atoms with Crippen LogP contribution in [0.4, 0.5) is 11.4 Å². The average molecular weight is 556 g/mol. The van der Waals surface area contributed by atoms with Crippen LogP contribution in [0.3, 0.4) is 0 Å². The quantitative estimate of drug-likeness (QED) is 0.406. The summed E-state index contributed by atoms with van der Waals surface area (Å²) in [5.41, 5.74) is 9.36. The number of fused-ring (bicyclic) bond motifs is 3. The van der Waals surface area contributed by atoms with Gasteiger partial charge >= 0.3 is 0 Å². The highest BCUT2D eigenvalue weighted by Crippen LogP contribution is 2.35. The number of aromatic nitrogens is 2. The number of rotatable bonds is 7. The topological polar surface area (TPSA) is 85.9 Å². The van der Waals surface area contributed by atoms with Crippen molar-refractivity contribution in [3.8, 4) is 11.1 Å². The second kappa shape index (κ2) is 11.6. The van der Waals surface area contributed by atoms with E-state index in [0.29, 0.717) is 12.2 Å². The van der Waals surface area contributed by atoms with Crippen molar-refractivity contribution in [1.82, 2.24) is 14.0 Å². The summed E-state index contributed by atoms with van der Waals surface area (Å²) in [4.78, 5) is 17.6. The van der Waals surface area contributed by atoms with Crippen molar-refractivity contribution in [3.63, 3.8) is 0 Å². The van der Waals surface area contributed by atoms with E-state index in [1.807, 2.05) is 30.6 Å². The molecule has 1 aliphatic carbocycles. The van der Waals surface area contributed by atoms with Crippen molar-refractivity contribution in [1.29, 1.82) is 0 Å². The predicted octanol–water partition coefficient (Wildman–Crippen LogP) is 4.14. The van der Waals surface area contributed by atoms with Crippen molar-refractivity contribution in [2.75, 3.05) is 29.9 Å². The SMILES string of the molecule is CC1CC=C(Nc2cc(-c3cccc(N4CCn5c(cc6c5CCCC6)C4)c3CO)cn(C)c2=O)C=CN1CCO. The maximum absolute atomic E-state index is 13.2. The van der Waals surface area contributed by atoms with E-state index < -0.39 is 0 Å². The van der Waals surface area contributed by atoms with Gasteiger partial charge in [0.1, 0.15) is 5.69 Å². The maximum Gasteiger partial charge on any atom is 0.274 e. The van der Waals surface area contributed by atoms with Crippen LogP contribution in [0.2, 0.25) is 0 Å². The molecule has 4 heterocycles. The number of nitrogens with one attached hydrogen (secondary N) is 1. The Morgan fingerprint density at radius 3 is 2.78 bits per heavy atom. The summed E-state index contributed by atoms with van der Waals surface area (Å²) in [5.74, 6) is 0. The third-order valence-corrected chi connectivity index (χ3v) is 8.91. The van der Waals surface area contributed by atoms with Crippen molar-refractivity contribution < 1.29 is 10.2 Å². The molecule has 0 amide bonds. The Kier molecular flexibility index (Phi) is 7.77. The molecule has 1 unspecified atom stereocenters. The van der Waals surface area contributed by atoms with Gasteiger partial charge < -0.3 is 34.5 Å². The van der Waals surface area contributed by atoms with E-state index in [9.17, 15) is 15.0 Å². The minimum atomic E-state index is -0.116. The number of nitrogens with zero attached hydrogens (tertiary/aromatic N) is 4. The van der Waals surface area contributed by atoms with Crippen LogP contribution in [0.5, 0.6) is 0 Å². The van der Waals surface area contributed by atoms with E-state index in [2.05, 4.69) is 50.9 Å². The minimum Gasteiger partial charge on any atom is -0.395 e. The monoisotopic (exact) mass is 555 g/mol. The van der Waals surface area contributed by atoms with Gasteiger partial charge in [0.2, 0.25) is 0 Å². The van der Waals surface area contributed by atoms with Gasteiger partial charge in [-0.2, -0.15) is 0 Å². The molecule has 1 atom stereocenters. The predicted molar refractivity (Wildman–Crippen MR) is 164 cm³/mol. The summed E-state index contributed by atoms with van der Waals surface area (Å²) < 4.78 is 4.13. The van der Waals surface area contributed by atoms with Crippen molar-refractivity contribution in [2.24, 2.45) is 7.05 Å². The van der Waals surface area contributed by atoms with E-state index in [0.717, 1.165) is 54.1 Å². The molecule has 3 aliphatic rings. The zero-order valence-electron chi connectivity index (χ0n) is 24.1. The van der Waals surface area contributed by atoms with Gasteiger partial charge in [-0.15, -0.1) is 0 Å². The Labute approximate surface area is 241 Å². The lowest BCUT2D eigenvalue weighted by Gasteiger charge is -2.33. The zero-order valence-corrected chi connectivity index (χ0v) is 24.1. The van der Waals surface area contributed by atoms with Gasteiger partial charge in [0.25, 0.3) is 5.56 Å². The molecule has 3 aromatic rings. The first-order valence-corrected chi connectivity index (χ1v) is 14.9. The summed E-state index contributed by atoms with van der Waals surface area (Å²) in [5, 5.41) is 23.4. The first-order valence-electron chi connectivity index (χ1n) is 14.9. The summed E-state index contributed by atoms with van der Waals surface area (Å²) in [7, 11) is 1.77. The van der Waals surface area contributed by atoms with Crippen LogP contribution >= 0.6 is 0 Å². The summed E-state index contributed by atoms with van der Waals surface area (Å²) in [6.07, 6.45) is 13.6. The van der Waals surface area contributed by atoms with E-state index in [1.54, 1.807) is 11.6 Å². The van der Waals surface area contributed by atoms with Crippen molar-refractivity contribution in [3.05, 3.63) is 93.4 Å². The summed E-state index contributed by atoms with van der Waals surface area (Å²) in [6, 6.07) is 10.7. The van der Waals surface area contributed by atoms with E-state index >= 15 is 0 Å². The van der Waals surface area contributed by atoms with Crippen molar-refractivity contribution in [2.45, 2.75) is 64.8 Å². The Morgan fingerprint density at radius 1 is 1.10 bits per heavy atom. The van der Waals surface area contributed by atoms with Gasteiger partial charge in [0, 0.05) is 79.0 Å². The summed E-state index contributed by atoms with van der Waals surface area (Å²) in [6.45, 7) is 5.39. The fraction of sp³-hybridized carbons (Fsp3) is 0.424. The number of aryl methyl sites for hydroxylation is 2. The summed E-state index contributed by atoms with van der Waals surface area (Å²) >= 11 is 0. The first kappa shape index (κ1) is 27.4. The second-order valence-corrected chi connectivity index (χ2v) is 11.6. The first-order chi connectivity index (χ1) is 20.0. The molecule has 0 fully saturated rings. The Balaban J connectivity index is 1.31. The number of hydrogen-bond donors (Lipinski definition) is 3. The molecule has 1 aromatic carbocycles. The van der Waals surface area contributed by atoms with Crippen LogP contribution in [0.15, 0.2) is 65.4 Å². The minimum absolute atomic E-state index is 0.0857. The molecule has 2 aliphatic heterocycles. The average Bonchev–Trinajstić information content (AvgIpc) is 3.27. The van der Waals surface area contributed by atoms with E-state index in [-0.39, 0.29) is 24.8 Å². The molecule has 3 N–H and O–H groups in total. The number of anilines is 2. The molecule has 0 spiro atoms. The highest BCUT2D eigenvalue weighted by molar-refractivity contribution is 5.76. The third-order valence-electron chi connectivity index (χ3n) is 8.91. The third kappa shape index (κ3) is 5.34. The maximum atomic E-state index is 13.2. The number of aliphatic hydroxyl groups excluding tert-OH is 2. The van der Waals surface area contributed by atoms with Crippen LogP contribution < -0.4 is 15.8 Å². The van der Waals surface area contributed by atoms with Crippen LogP contribution in [-0.4, -0.2) is 50.0 Å². The Bertz CT molecular complexity index is 1550. The lowest BCUT2D eigenvalue weighted by atomic mass is 9.98. The smallest absolute Gasteiger partial charge is 0.274 e. The molecule has 2 aromatic heterocycles. The second-order valence-electron chi connectivity index (χ2n) is 11.6. The number of β-amino-alcohol motifs (C(OH)–C–C–N with tert-alkyl or cyclic N) is 1. The molecule has 8 heteroatoms. The molecule has 6 rings (SSSR count). The van der Waals surface area contributed by atoms with Crippen LogP contribution in [0.1, 0.15) is 48.7 Å². The van der Waals surface area contributed by atoms with Crippen molar-refractivity contribution >= 4 is 11.4 Å². The number of aliphatic hydroxyl groups is 2. The standard InChI is InChI=1S/C33H41N5O3/c1-23-10-11-26(12-13-36(23)16-17-39)34-30-19-25(20-35(2)33(30)41)28-7-5-9-32(29(28)22-40)37-14-15-38-27(21-37)18-24-6-3-4-8-31(24)38/h5,7,9,11-13,18-20,23,34,39-40H,3-4,6,8,10,14-17,21-22H2,1-2H3. The van der Waals surface area contributed by atoms with Crippen LogP contribution in [-0.2, 0) is 39.6 Å². The number of allylic oxidation sites excluding steroid dienone is 1. The lowest BCUT2D eigenvalue weighted by molar-refractivity contribution is 0.208. The molecule has 41 heavy (non-hydrogen) atoms. The van der Waals surface area contributed by atoms with Crippen LogP contribution in [0.25, 0.3) is 11.1 Å². The van der Waals surface area contributed by atoms with Gasteiger partial charge in [-0.05, 0) is 74.4 Å². The molecule has 0 bridgehead atoms. The van der Waals surface area contributed by atoms with E-state index in [1.165, 1.54) is 42.6 Å². The highest BCUT2D eigenvalue weighted by atomic mass is 16.3. The molecule has 0 saturated heterocycles. The number of hydrogen-bond acceptors (Lipinski definition) is 6. The molecular weight excluding hydrogens is 514 g/mol. The highest BCUT2D eigenvalue weighted by Gasteiger charge is 2.25. The number of pyridine rings is 1.